The Morgan fingerprint density at radius 3 is 2.56 bits per heavy atom. The van der Waals surface area contributed by atoms with Crippen molar-refractivity contribution in [3.8, 4) is 5.69 Å². The van der Waals surface area contributed by atoms with Crippen LogP contribution in [0.5, 0.6) is 0 Å². The van der Waals surface area contributed by atoms with E-state index in [-0.39, 0.29) is 11.4 Å². The molecule has 2 heterocycles. The lowest BCUT2D eigenvalue weighted by atomic mass is 9.86. The number of amides is 1. The van der Waals surface area contributed by atoms with Crippen LogP contribution in [0.3, 0.4) is 0 Å². The number of hydrogen-bond donors (Lipinski definition) is 0. The molecule has 0 unspecified atom stereocenters. The summed E-state index contributed by atoms with van der Waals surface area (Å²) in [4.78, 5) is 15.9. The van der Waals surface area contributed by atoms with Crippen LogP contribution >= 0.6 is 0 Å². The van der Waals surface area contributed by atoms with E-state index in [1.807, 2.05) is 28.9 Å². The molecule has 2 fully saturated rings. The van der Waals surface area contributed by atoms with Crippen molar-refractivity contribution in [1.29, 1.82) is 0 Å². The van der Waals surface area contributed by atoms with Crippen LogP contribution in [0.2, 0.25) is 0 Å². The third kappa shape index (κ3) is 2.09. The Balaban J connectivity index is 1.75. The van der Waals surface area contributed by atoms with E-state index in [9.17, 15) is 4.79 Å². The summed E-state index contributed by atoms with van der Waals surface area (Å²) < 4.78 is 1.82. The third-order valence-electron chi connectivity index (χ3n) is 6.30. The third-order valence-corrected chi connectivity index (χ3v) is 6.30. The van der Waals surface area contributed by atoms with Crippen LogP contribution in [0, 0.1) is 0 Å². The Hall–Kier alpha value is -2.24. The first-order valence-electron chi connectivity index (χ1n) is 9.53. The van der Waals surface area contributed by atoms with E-state index in [4.69, 9.17) is 0 Å². The van der Waals surface area contributed by atoms with Crippen LogP contribution in [-0.4, -0.2) is 37.1 Å². The fourth-order valence-corrected chi connectivity index (χ4v) is 5.19. The first-order chi connectivity index (χ1) is 12.3. The molecule has 5 rings (SSSR count). The molecule has 6 nitrogen and oxygen atoms in total. The number of carbonyl (C=O) groups is 1. The SMILES string of the molecule is O=C1c2ccccc2-n2nnnc2C2(CCCC2)N1C1CCCCC1. The highest BCUT2D eigenvalue weighted by Crippen LogP contribution is 2.48. The van der Waals surface area contributed by atoms with Gasteiger partial charge in [-0.15, -0.1) is 5.10 Å². The van der Waals surface area contributed by atoms with Crippen molar-refractivity contribution >= 4 is 5.91 Å². The van der Waals surface area contributed by atoms with Crippen molar-refractivity contribution in [2.75, 3.05) is 0 Å². The summed E-state index contributed by atoms with van der Waals surface area (Å²) in [5.41, 5.74) is 1.20. The van der Waals surface area contributed by atoms with Crippen LogP contribution in [-0.2, 0) is 5.54 Å². The maximum absolute atomic E-state index is 13.7. The second kappa shape index (κ2) is 5.64. The van der Waals surface area contributed by atoms with Gasteiger partial charge in [0, 0.05) is 6.04 Å². The highest BCUT2D eigenvalue weighted by molar-refractivity contribution is 5.99. The van der Waals surface area contributed by atoms with Crippen molar-refractivity contribution < 1.29 is 4.79 Å². The second-order valence-corrected chi connectivity index (χ2v) is 7.64. The average Bonchev–Trinajstić information content (AvgIpc) is 3.31. The highest BCUT2D eigenvalue weighted by atomic mass is 16.2. The predicted octanol–water partition coefficient (Wildman–Crippen LogP) is 3.22. The molecule has 0 N–H and O–H groups in total. The zero-order chi connectivity index (χ0) is 16.9. The number of rotatable bonds is 1. The van der Waals surface area contributed by atoms with Gasteiger partial charge in [0.2, 0.25) is 0 Å². The van der Waals surface area contributed by atoms with Gasteiger partial charge in [-0.1, -0.05) is 44.2 Å². The topological polar surface area (TPSA) is 63.9 Å². The van der Waals surface area contributed by atoms with Gasteiger partial charge in [-0.3, -0.25) is 4.79 Å². The van der Waals surface area contributed by atoms with Crippen molar-refractivity contribution in [3.05, 3.63) is 35.7 Å². The molecule has 2 saturated carbocycles. The van der Waals surface area contributed by atoms with Gasteiger partial charge >= 0.3 is 0 Å². The van der Waals surface area contributed by atoms with Gasteiger partial charge in [0.15, 0.2) is 5.82 Å². The molecule has 130 valence electrons. The molecule has 2 aliphatic carbocycles. The van der Waals surface area contributed by atoms with Gasteiger partial charge in [-0.25, -0.2) is 0 Å². The Labute approximate surface area is 147 Å². The summed E-state index contributed by atoms with van der Waals surface area (Å²) in [6, 6.07) is 8.07. The molecule has 0 bridgehead atoms. The molecule has 1 amide bonds. The van der Waals surface area contributed by atoms with Gasteiger partial charge in [-0.2, -0.15) is 4.68 Å². The van der Waals surface area contributed by atoms with E-state index < -0.39 is 0 Å². The first kappa shape index (κ1) is 15.0. The lowest BCUT2D eigenvalue weighted by molar-refractivity contribution is 0.0180. The summed E-state index contributed by atoms with van der Waals surface area (Å²) in [6.07, 6.45) is 10.1. The lowest BCUT2D eigenvalue weighted by Gasteiger charge is -2.45. The molecule has 2 aromatic rings. The van der Waals surface area contributed by atoms with E-state index in [1.54, 1.807) is 0 Å². The lowest BCUT2D eigenvalue weighted by Crippen LogP contribution is -2.53. The van der Waals surface area contributed by atoms with E-state index in [1.165, 1.54) is 19.3 Å². The molecular weight excluding hydrogens is 314 g/mol. The van der Waals surface area contributed by atoms with Crippen molar-refractivity contribution in [3.63, 3.8) is 0 Å². The number of aromatic nitrogens is 4. The normalized spacial score (nSPS) is 22.7. The Morgan fingerprint density at radius 2 is 1.76 bits per heavy atom. The molecule has 1 aliphatic heterocycles. The maximum atomic E-state index is 13.7. The highest BCUT2D eigenvalue weighted by Gasteiger charge is 2.52. The first-order valence-corrected chi connectivity index (χ1v) is 9.53. The summed E-state index contributed by atoms with van der Waals surface area (Å²) in [5, 5.41) is 12.7. The number of benzene rings is 1. The molecule has 25 heavy (non-hydrogen) atoms. The zero-order valence-corrected chi connectivity index (χ0v) is 14.4. The maximum Gasteiger partial charge on any atom is 0.257 e. The smallest absolute Gasteiger partial charge is 0.257 e. The fourth-order valence-electron chi connectivity index (χ4n) is 5.19. The standard InChI is InChI=1S/C19H23N5O/c25-17-15-10-4-5-11-16(15)24-18(20-21-22-24)19(12-6-7-13-19)23(17)14-8-2-1-3-9-14/h4-5,10-11,14H,1-3,6-9,12-13H2. The summed E-state index contributed by atoms with van der Waals surface area (Å²) in [7, 11) is 0. The van der Waals surface area contributed by atoms with Gasteiger partial charge < -0.3 is 4.90 Å². The van der Waals surface area contributed by atoms with Gasteiger partial charge in [0.1, 0.15) is 5.54 Å². The number of nitrogens with zero attached hydrogens (tertiary/aromatic N) is 5. The zero-order valence-electron chi connectivity index (χ0n) is 14.4. The molecule has 0 atom stereocenters. The molecule has 1 aromatic heterocycles. The average molecular weight is 337 g/mol. The summed E-state index contributed by atoms with van der Waals surface area (Å²) in [5.74, 6) is 1.01. The Kier molecular flexibility index (Phi) is 3.40. The Morgan fingerprint density at radius 1 is 1.00 bits per heavy atom. The molecule has 0 saturated heterocycles. The molecule has 6 heteroatoms. The Bertz CT molecular complexity index is 802. The number of carbonyl (C=O) groups excluding carboxylic acids is 1. The second-order valence-electron chi connectivity index (χ2n) is 7.64. The van der Waals surface area contributed by atoms with Crippen molar-refractivity contribution in [1.82, 2.24) is 25.1 Å². The van der Waals surface area contributed by atoms with Crippen LogP contribution in [0.1, 0.15) is 74.0 Å². The van der Waals surface area contributed by atoms with Crippen LogP contribution in [0.15, 0.2) is 24.3 Å². The van der Waals surface area contributed by atoms with E-state index >= 15 is 0 Å². The number of hydrogen-bond acceptors (Lipinski definition) is 4. The van der Waals surface area contributed by atoms with Gasteiger partial charge in [0.25, 0.3) is 5.91 Å². The largest absolute Gasteiger partial charge is 0.323 e. The summed E-state index contributed by atoms with van der Waals surface area (Å²) in [6.45, 7) is 0. The van der Waals surface area contributed by atoms with Crippen LogP contribution in [0.4, 0.5) is 0 Å². The van der Waals surface area contributed by atoms with Crippen molar-refractivity contribution in [2.45, 2.75) is 69.4 Å². The fraction of sp³-hybridized carbons (Fsp3) is 0.579. The monoisotopic (exact) mass is 337 g/mol. The number of fused-ring (bicyclic) bond motifs is 4. The number of tetrazole rings is 1. The van der Waals surface area contributed by atoms with E-state index in [0.29, 0.717) is 6.04 Å². The van der Waals surface area contributed by atoms with Crippen LogP contribution < -0.4 is 0 Å². The van der Waals surface area contributed by atoms with E-state index in [0.717, 1.165) is 55.6 Å². The minimum absolute atomic E-state index is 0.150. The number of para-hydroxylation sites is 1. The minimum atomic E-state index is -0.346. The summed E-state index contributed by atoms with van der Waals surface area (Å²) >= 11 is 0. The van der Waals surface area contributed by atoms with E-state index in [2.05, 4.69) is 20.4 Å². The molecule has 1 aromatic carbocycles. The molecular formula is C19H23N5O. The molecule has 3 aliphatic rings. The van der Waals surface area contributed by atoms with Crippen LogP contribution in [0.25, 0.3) is 5.69 Å². The quantitative estimate of drug-likeness (QED) is 0.801. The van der Waals surface area contributed by atoms with Gasteiger partial charge in [0.05, 0.1) is 11.3 Å². The molecule has 0 radical (unpaired) electrons. The minimum Gasteiger partial charge on any atom is -0.323 e. The molecule has 1 spiro atoms. The van der Waals surface area contributed by atoms with Crippen molar-refractivity contribution in [2.24, 2.45) is 0 Å². The predicted molar refractivity (Wildman–Crippen MR) is 92.3 cm³/mol. The van der Waals surface area contributed by atoms with Gasteiger partial charge in [-0.05, 0) is 48.2 Å².